The van der Waals surface area contributed by atoms with Crippen LogP contribution in [-0.2, 0) is 9.53 Å². The molecule has 1 saturated heterocycles. The molecule has 27 heavy (non-hydrogen) atoms. The predicted octanol–water partition coefficient (Wildman–Crippen LogP) is 4.91. The largest absolute Gasteiger partial charge is 0.479 e. The third-order valence-corrected chi connectivity index (χ3v) is 5.22. The molecule has 5 heteroatoms. The zero-order chi connectivity index (χ0) is 20.6. The molecule has 5 nitrogen and oxygen atoms in total. The first-order valence-corrected chi connectivity index (χ1v) is 9.65. The quantitative estimate of drug-likeness (QED) is 0.793. The second kappa shape index (κ2) is 7.63. The predicted molar refractivity (Wildman–Crippen MR) is 110 cm³/mol. The van der Waals surface area contributed by atoms with Crippen molar-refractivity contribution in [2.45, 2.75) is 73.0 Å². The molecule has 0 bridgehead atoms. The van der Waals surface area contributed by atoms with E-state index in [0.29, 0.717) is 16.7 Å². The Hall–Kier alpha value is -1.88. The number of pyridine rings is 1. The number of carbonyl (C=O) groups is 1. The highest BCUT2D eigenvalue weighted by atomic mass is 16.5. The van der Waals surface area contributed by atoms with Crippen LogP contribution in [0.3, 0.4) is 0 Å². The zero-order valence-corrected chi connectivity index (χ0v) is 17.8. The molecule has 1 aliphatic heterocycles. The number of ether oxygens (including phenoxy) is 1. The first-order chi connectivity index (χ1) is 12.4. The summed E-state index contributed by atoms with van der Waals surface area (Å²) in [6, 6.07) is 0. The maximum absolute atomic E-state index is 12.2. The normalized spacial score (nSPS) is 18.3. The summed E-state index contributed by atoms with van der Waals surface area (Å²) >= 11 is 0. The Kier molecular flexibility index (Phi) is 6.05. The molecule has 1 aliphatic rings. The van der Waals surface area contributed by atoms with Crippen LogP contribution in [0.4, 0.5) is 5.69 Å². The fourth-order valence-electron chi connectivity index (χ4n) is 3.68. The van der Waals surface area contributed by atoms with Crippen molar-refractivity contribution < 1.29 is 14.6 Å². The lowest BCUT2D eigenvalue weighted by Gasteiger charge is -2.41. The summed E-state index contributed by atoms with van der Waals surface area (Å²) in [6.07, 6.45) is 2.83. The number of carboxylic acids is 1. The maximum atomic E-state index is 12.2. The number of nitrogens with zero attached hydrogens (tertiary/aromatic N) is 2. The molecule has 1 N–H and O–H groups in total. The number of rotatable bonds is 5. The Morgan fingerprint density at radius 3 is 2.26 bits per heavy atom. The molecule has 1 unspecified atom stereocenters. The molecular formula is C22H34N2O3. The number of hydrogen-bond donors (Lipinski definition) is 1. The minimum atomic E-state index is -1.07. The van der Waals surface area contributed by atoms with Crippen molar-refractivity contribution in [2.24, 2.45) is 5.41 Å². The molecular weight excluding hydrogens is 340 g/mol. The number of aromatic nitrogens is 1. The van der Waals surface area contributed by atoms with Gasteiger partial charge in [0, 0.05) is 35.6 Å². The summed E-state index contributed by atoms with van der Waals surface area (Å²) in [5.74, 6) is -0.993. The number of anilines is 1. The Balaban J connectivity index is 2.65. The van der Waals surface area contributed by atoms with E-state index >= 15 is 0 Å². The number of piperidine rings is 1. The molecule has 2 heterocycles. The van der Waals surface area contributed by atoms with Crippen LogP contribution in [0.5, 0.6) is 0 Å². The molecule has 0 radical (unpaired) electrons. The van der Waals surface area contributed by atoms with Crippen LogP contribution in [0.2, 0.25) is 0 Å². The molecule has 1 aromatic rings. The summed E-state index contributed by atoms with van der Waals surface area (Å²) in [7, 11) is 0. The van der Waals surface area contributed by atoms with Gasteiger partial charge in [0.15, 0.2) is 6.10 Å². The fraction of sp³-hybridized carbons (Fsp3) is 0.636. The van der Waals surface area contributed by atoms with Crippen LogP contribution in [0.25, 0.3) is 6.08 Å². The highest BCUT2D eigenvalue weighted by Gasteiger charge is 2.35. The van der Waals surface area contributed by atoms with E-state index in [0.717, 1.165) is 42.9 Å². The molecule has 1 aromatic heterocycles. The van der Waals surface area contributed by atoms with Crippen LogP contribution in [0.1, 0.15) is 76.1 Å². The van der Waals surface area contributed by atoms with Crippen LogP contribution >= 0.6 is 0 Å². The molecule has 0 aliphatic carbocycles. The van der Waals surface area contributed by atoms with Gasteiger partial charge in [0.05, 0.1) is 11.3 Å². The van der Waals surface area contributed by atoms with Gasteiger partial charge in [-0.2, -0.15) is 0 Å². The second-order valence-corrected chi connectivity index (χ2v) is 9.26. The van der Waals surface area contributed by atoms with E-state index in [1.54, 1.807) is 6.08 Å². The summed E-state index contributed by atoms with van der Waals surface area (Å²) in [4.78, 5) is 19.1. The zero-order valence-electron chi connectivity index (χ0n) is 17.8. The Bertz CT molecular complexity index is 722. The maximum Gasteiger partial charge on any atom is 0.337 e. The number of hydrogen-bond acceptors (Lipinski definition) is 4. The van der Waals surface area contributed by atoms with Gasteiger partial charge in [0.1, 0.15) is 0 Å². The minimum absolute atomic E-state index is 0.302. The van der Waals surface area contributed by atoms with Crippen molar-refractivity contribution in [3.63, 3.8) is 0 Å². The van der Waals surface area contributed by atoms with E-state index in [1.165, 1.54) is 0 Å². The van der Waals surface area contributed by atoms with Gasteiger partial charge in [-0.3, -0.25) is 4.98 Å². The van der Waals surface area contributed by atoms with Gasteiger partial charge in [0.25, 0.3) is 0 Å². The van der Waals surface area contributed by atoms with E-state index in [2.05, 4.69) is 30.3 Å². The summed E-state index contributed by atoms with van der Waals surface area (Å²) in [6.45, 7) is 19.7. The Labute approximate surface area is 163 Å². The molecule has 2 rings (SSSR count). The average molecular weight is 375 g/mol. The van der Waals surface area contributed by atoms with Gasteiger partial charge in [-0.25, -0.2) is 4.79 Å². The van der Waals surface area contributed by atoms with Gasteiger partial charge in [-0.1, -0.05) is 26.5 Å². The van der Waals surface area contributed by atoms with E-state index in [9.17, 15) is 9.90 Å². The van der Waals surface area contributed by atoms with E-state index < -0.39 is 17.7 Å². The second-order valence-electron chi connectivity index (χ2n) is 9.26. The summed E-state index contributed by atoms with van der Waals surface area (Å²) in [5, 5.41) is 9.96. The fourth-order valence-corrected chi connectivity index (χ4v) is 3.68. The monoisotopic (exact) mass is 374 g/mol. The number of aliphatic carboxylic acids is 1. The van der Waals surface area contributed by atoms with Gasteiger partial charge in [-0.05, 0) is 52.9 Å². The van der Waals surface area contributed by atoms with Crippen molar-refractivity contribution in [2.75, 3.05) is 18.0 Å². The van der Waals surface area contributed by atoms with E-state index in [1.807, 2.05) is 34.6 Å². The molecule has 0 saturated carbocycles. The molecule has 0 spiro atoms. The van der Waals surface area contributed by atoms with Crippen molar-refractivity contribution >= 4 is 17.7 Å². The van der Waals surface area contributed by atoms with Crippen molar-refractivity contribution in [1.29, 1.82) is 0 Å². The van der Waals surface area contributed by atoms with Crippen LogP contribution in [0.15, 0.2) is 6.58 Å². The van der Waals surface area contributed by atoms with E-state index in [4.69, 9.17) is 4.74 Å². The first kappa shape index (κ1) is 21.4. The topological polar surface area (TPSA) is 62.7 Å². The third-order valence-electron chi connectivity index (χ3n) is 5.22. The summed E-state index contributed by atoms with van der Waals surface area (Å²) < 4.78 is 5.98. The Morgan fingerprint density at radius 1 is 1.26 bits per heavy atom. The van der Waals surface area contributed by atoms with Crippen LogP contribution < -0.4 is 4.90 Å². The SMILES string of the molecule is C=Cc1c(C)nc(C)c(C(OC(C)(C)C)C(=O)O)c1N1CCC(C)(C)CC1. The highest BCUT2D eigenvalue weighted by Crippen LogP contribution is 2.41. The lowest BCUT2D eigenvalue weighted by atomic mass is 9.82. The molecule has 1 atom stereocenters. The number of carboxylic acid groups (broad SMARTS) is 1. The van der Waals surface area contributed by atoms with Crippen molar-refractivity contribution in [3.05, 3.63) is 29.1 Å². The third kappa shape index (κ3) is 4.89. The molecule has 150 valence electrons. The standard InChI is InChI=1S/C22H34N2O3/c1-9-16-14(2)23-15(3)17(19(20(25)26)27-21(4,5)6)18(16)24-12-10-22(7,8)11-13-24/h9,19H,1,10-13H2,2-8H3,(H,25,26). The average Bonchev–Trinajstić information content (AvgIpc) is 2.51. The first-order valence-electron chi connectivity index (χ1n) is 9.65. The smallest absolute Gasteiger partial charge is 0.337 e. The van der Waals surface area contributed by atoms with Crippen LogP contribution in [-0.4, -0.2) is 34.8 Å². The van der Waals surface area contributed by atoms with Crippen LogP contribution in [0, 0.1) is 19.3 Å². The van der Waals surface area contributed by atoms with Gasteiger partial charge in [-0.15, -0.1) is 0 Å². The summed E-state index contributed by atoms with van der Waals surface area (Å²) in [5.41, 5.74) is 3.76. The lowest BCUT2D eigenvalue weighted by molar-refractivity contribution is -0.160. The minimum Gasteiger partial charge on any atom is -0.479 e. The molecule has 0 aromatic carbocycles. The van der Waals surface area contributed by atoms with E-state index in [-0.39, 0.29) is 0 Å². The van der Waals surface area contributed by atoms with Crippen molar-refractivity contribution in [1.82, 2.24) is 4.98 Å². The van der Waals surface area contributed by atoms with Gasteiger partial charge in [0.2, 0.25) is 0 Å². The Morgan fingerprint density at radius 2 is 1.81 bits per heavy atom. The highest BCUT2D eigenvalue weighted by molar-refractivity contribution is 5.82. The number of aryl methyl sites for hydroxylation is 2. The lowest BCUT2D eigenvalue weighted by Crippen LogP contribution is -2.39. The van der Waals surface area contributed by atoms with Crippen molar-refractivity contribution in [3.8, 4) is 0 Å². The van der Waals surface area contributed by atoms with Gasteiger partial charge >= 0.3 is 5.97 Å². The molecule has 0 amide bonds. The van der Waals surface area contributed by atoms with Gasteiger partial charge < -0.3 is 14.7 Å². The molecule has 1 fully saturated rings.